The van der Waals surface area contributed by atoms with Crippen LogP contribution in [0.25, 0.3) is 0 Å². The number of benzene rings is 1. The summed E-state index contributed by atoms with van der Waals surface area (Å²) in [7, 11) is 0. The maximum absolute atomic E-state index is 13.2. The van der Waals surface area contributed by atoms with E-state index in [1.54, 1.807) is 13.8 Å². The van der Waals surface area contributed by atoms with Crippen LogP contribution in [0, 0.1) is 41.9 Å². The van der Waals surface area contributed by atoms with Crippen LogP contribution in [0.15, 0.2) is 31.7 Å². The molecule has 4 rings (SSSR count). The van der Waals surface area contributed by atoms with E-state index < -0.39 is 11.6 Å². The minimum absolute atomic E-state index is 0.0210. The molecule has 0 bridgehead atoms. The molecule has 0 unspecified atom stereocenters. The van der Waals surface area contributed by atoms with E-state index in [0.717, 1.165) is 58.8 Å². The molecule has 212 valence electrons. The van der Waals surface area contributed by atoms with Crippen molar-refractivity contribution in [2.45, 2.75) is 107 Å². The molecule has 1 aliphatic heterocycles. The highest BCUT2D eigenvalue weighted by atomic mass is 32.2. The molecule has 0 radical (unpaired) electrons. The van der Waals surface area contributed by atoms with Crippen LogP contribution < -0.4 is 4.74 Å². The van der Waals surface area contributed by atoms with Crippen molar-refractivity contribution < 1.29 is 24.2 Å². The predicted octanol–water partition coefficient (Wildman–Crippen LogP) is 7.56. The number of hydrogen-bond acceptors (Lipinski definition) is 8. The van der Waals surface area contributed by atoms with Gasteiger partial charge in [-0.3, -0.25) is 4.79 Å². The minimum Gasteiger partial charge on any atom is -0.461 e. The lowest BCUT2D eigenvalue weighted by Crippen LogP contribution is -2.30. The summed E-state index contributed by atoms with van der Waals surface area (Å²) in [5, 5.41) is 19.6. The number of hydrogen-bond donors (Lipinski definition) is 1. The molecule has 1 aromatic carbocycles. The van der Waals surface area contributed by atoms with Gasteiger partial charge in [-0.2, -0.15) is 5.26 Å². The maximum atomic E-state index is 13.2. The first-order chi connectivity index (χ1) is 18.6. The highest BCUT2D eigenvalue weighted by Crippen LogP contribution is 2.57. The monoisotopic (exact) mass is 571 g/mol. The molecule has 2 aliphatic carbocycles. The Morgan fingerprint density at radius 1 is 1.03 bits per heavy atom. The van der Waals surface area contributed by atoms with Gasteiger partial charge in [-0.25, -0.2) is 4.79 Å². The van der Waals surface area contributed by atoms with Crippen molar-refractivity contribution in [2.75, 3.05) is 6.61 Å². The summed E-state index contributed by atoms with van der Waals surface area (Å²) in [4.78, 5) is 27.5. The molecule has 8 heteroatoms. The van der Waals surface area contributed by atoms with E-state index in [-0.39, 0.29) is 30.5 Å². The smallest absolute Gasteiger partial charge is 0.350 e. The van der Waals surface area contributed by atoms with Crippen LogP contribution in [0.4, 0.5) is 0 Å². The summed E-state index contributed by atoms with van der Waals surface area (Å²) < 4.78 is 11.7. The van der Waals surface area contributed by atoms with Crippen molar-refractivity contribution in [3.8, 4) is 11.8 Å². The number of ether oxygens (including phenoxy) is 2. The third kappa shape index (κ3) is 7.62. The highest BCUT2D eigenvalue weighted by Gasteiger charge is 2.35. The van der Waals surface area contributed by atoms with Crippen LogP contribution in [-0.4, -0.2) is 29.3 Å². The summed E-state index contributed by atoms with van der Waals surface area (Å²) in [5.74, 6) is 1.98. The van der Waals surface area contributed by atoms with Gasteiger partial charge in [-0.15, -0.1) is 0 Å². The summed E-state index contributed by atoms with van der Waals surface area (Å²) in [6.07, 6.45) is 11.0. The van der Waals surface area contributed by atoms with Crippen molar-refractivity contribution in [1.82, 2.24) is 0 Å². The molecule has 0 amide bonds. The fraction of sp³-hybridized carbons (Fsp3) is 0.645. The van der Waals surface area contributed by atoms with Crippen LogP contribution in [0.3, 0.4) is 0 Å². The van der Waals surface area contributed by atoms with Crippen molar-refractivity contribution in [1.29, 1.82) is 5.26 Å². The van der Waals surface area contributed by atoms with E-state index in [4.69, 9.17) is 9.47 Å². The fourth-order valence-corrected chi connectivity index (χ4v) is 8.62. The van der Waals surface area contributed by atoms with Crippen LogP contribution in [0.1, 0.15) is 90.5 Å². The van der Waals surface area contributed by atoms with Gasteiger partial charge in [0.2, 0.25) is 0 Å². The molecule has 2 saturated carbocycles. The van der Waals surface area contributed by atoms with Gasteiger partial charge in [0, 0.05) is 11.3 Å². The highest BCUT2D eigenvalue weighted by molar-refractivity contribution is 8.24. The summed E-state index contributed by atoms with van der Waals surface area (Å²) in [6.45, 7) is 7.56. The van der Waals surface area contributed by atoms with Gasteiger partial charge in [-0.1, -0.05) is 55.8 Å². The normalized spacial score (nSPS) is 26.4. The molecule has 1 heterocycles. The van der Waals surface area contributed by atoms with Crippen LogP contribution in [-0.2, 0) is 14.3 Å². The maximum Gasteiger partial charge on any atom is 0.350 e. The standard InChI is InChI=1S/C31H41NO5S2/c1-5-20-7-9-21(10-8-20)22-11-13-23(14-12-22)28(33)37-25-15-6-19(2)26-27(25)39-30(38-26)24(18-32)29(34)36-17-16-31(3,4)35/h6,15,20-23,35H,5,7-14,16-17H2,1-4H3/b30-24+. The first-order valence-corrected chi connectivity index (χ1v) is 16.0. The van der Waals surface area contributed by atoms with Crippen molar-refractivity contribution in [2.24, 2.45) is 23.7 Å². The SMILES string of the molecule is CCC1CCC(C2CCC(C(=O)Oc3ccc(C)c4c3S/C(=C(\C#N)C(=O)OCCC(C)(C)O)S4)CC2)CC1. The van der Waals surface area contributed by atoms with E-state index in [2.05, 4.69) is 6.92 Å². The van der Waals surface area contributed by atoms with Crippen LogP contribution in [0.5, 0.6) is 5.75 Å². The number of thioether (sulfide) groups is 2. The molecular formula is C31H41NO5S2. The number of nitrogens with zero attached hydrogens (tertiary/aromatic N) is 1. The van der Waals surface area contributed by atoms with Crippen LogP contribution >= 0.6 is 23.5 Å². The molecule has 0 aromatic heterocycles. The second kappa shape index (κ2) is 13.1. The van der Waals surface area contributed by atoms with Crippen molar-refractivity contribution >= 4 is 35.5 Å². The van der Waals surface area contributed by atoms with Gasteiger partial charge < -0.3 is 14.6 Å². The molecule has 6 nitrogen and oxygen atoms in total. The fourth-order valence-electron chi connectivity index (χ4n) is 5.98. The average Bonchev–Trinajstić information content (AvgIpc) is 3.36. The third-order valence-electron chi connectivity index (χ3n) is 8.58. The zero-order chi connectivity index (χ0) is 28.2. The summed E-state index contributed by atoms with van der Waals surface area (Å²) in [6, 6.07) is 5.71. The molecule has 3 aliphatic rings. The van der Waals surface area contributed by atoms with Crippen molar-refractivity contribution in [3.63, 3.8) is 0 Å². The Labute approximate surface area is 241 Å². The molecule has 39 heavy (non-hydrogen) atoms. The molecule has 2 fully saturated rings. The average molecular weight is 572 g/mol. The Kier molecular flexibility index (Phi) is 10.1. The lowest BCUT2D eigenvalue weighted by molar-refractivity contribution is -0.141. The Balaban J connectivity index is 1.37. The first kappa shape index (κ1) is 30.0. The first-order valence-electron chi connectivity index (χ1n) is 14.3. The Bertz CT molecular complexity index is 1130. The zero-order valence-corrected chi connectivity index (χ0v) is 25.2. The van der Waals surface area contributed by atoms with Crippen molar-refractivity contribution in [3.05, 3.63) is 27.5 Å². The zero-order valence-electron chi connectivity index (χ0n) is 23.6. The number of carbonyl (C=O) groups excluding carboxylic acids is 2. The molecular weight excluding hydrogens is 530 g/mol. The number of rotatable bonds is 8. The van der Waals surface area contributed by atoms with Gasteiger partial charge in [0.25, 0.3) is 0 Å². The lowest BCUT2D eigenvalue weighted by Gasteiger charge is -2.37. The van der Waals surface area contributed by atoms with Gasteiger partial charge in [0.05, 0.1) is 27.3 Å². The van der Waals surface area contributed by atoms with Gasteiger partial charge >= 0.3 is 11.9 Å². The number of fused-ring (bicyclic) bond motifs is 1. The minimum atomic E-state index is -0.962. The number of aliphatic hydroxyl groups is 1. The van der Waals surface area contributed by atoms with E-state index in [0.29, 0.717) is 9.99 Å². The third-order valence-corrected chi connectivity index (χ3v) is 11.3. The molecule has 0 saturated heterocycles. The lowest BCUT2D eigenvalue weighted by atomic mass is 9.69. The predicted molar refractivity (Wildman–Crippen MR) is 154 cm³/mol. The molecule has 1 aromatic rings. The van der Waals surface area contributed by atoms with Gasteiger partial charge in [0.15, 0.2) is 5.57 Å². The molecule has 0 atom stereocenters. The summed E-state index contributed by atoms with van der Waals surface area (Å²) >= 11 is 2.62. The van der Waals surface area contributed by atoms with E-state index >= 15 is 0 Å². The second-order valence-corrected chi connectivity index (χ2v) is 14.2. The number of nitriles is 1. The Morgan fingerprint density at radius 3 is 2.23 bits per heavy atom. The number of carbonyl (C=O) groups is 2. The Morgan fingerprint density at radius 2 is 1.64 bits per heavy atom. The number of esters is 2. The van der Waals surface area contributed by atoms with Gasteiger partial charge in [0.1, 0.15) is 11.8 Å². The molecule has 1 N–H and O–H groups in total. The van der Waals surface area contributed by atoms with Crippen LogP contribution in [0.2, 0.25) is 0 Å². The van der Waals surface area contributed by atoms with E-state index in [1.807, 2.05) is 25.1 Å². The topological polar surface area (TPSA) is 96.6 Å². The van der Waals surface area contributed by atoms with E-state index in [1.165, 1.54) is 55.6 Å². The number of aryl methyl sites for hydroxylation is 1. The Hall–Kier alpha value is -1.95. The second-order valence-electron chi connectivity index (χ2n) is 11.9. The van der Waals surface area contributed by atoms with Gasteiger partial charge in [-0.05, 0) is 88.7 Å². The summed E-state index contributed by atoms with van der Waals surface area (Å²) in [5.41, 5.74) is -0.0421. The largest absolute Gasteiger partial charge is 0.461 e. The molecule has 0 spiro atoms. The quantitative estimate of drug-likeness (QED) is 0.148. The van der Waals surface area contributed by atoms with E-state index in [9.17, 15) is 20.0 Å².